The summed E-state index contributed by atoms with van der Waals surface area (Å²) < 4.78 is 0. The van der Waals surface area contributed by atoms with Gasteiger partial charge in [-0.15, -0.1) is 0 Å². The van der Waals surface area contributed by atoms with Crippen molar-refractivity contribution < 1.29 is 4.92 Å². The van der Waals surface area contributed by atoms with Gasteiger partial charge in [-0.3, -0.25) is 15.1 Å². The third kappa shape index (κ3) is 6.67. The molecule has 1 aromatic rings. The molecule has 0 radical (unpaired) electrons. The summed E-state index contributed by atoms with van der Waals surface area (Å²) in [5.74, 6) is 1.71. The number of nitro benzene ring substituents is 1. The minimum Gasteiger partial charge on any atom is -0.357 e. The number of aryl methyl sites for hydroxylation is 1. The van der Waals surface area contributed by atoms with E-state index in [-0.39, 0.29) is 10.6 Å². The van der Waals surface area contributed by atoms with E-state index in [1.54, 1.807) is 12.1 Å². The van der Waals surface area contributed by atoms with Crippen molar-refractivity contribution >= 4 is 11.6 Å². The second-order valence-electron chi connectivity index (χ2n) is 5.97. The molecule has 0 amide bonds. The Hall–Kier alpha value is -2.11. The van der Waals surface area contributed by atoms with Gasteiger partial charge in [0.1, 0.15) is 0 Å². The number of unbranched alkanes of at least 4 members (excludes halogenated alkanes) is 1. The predicted octanol–water partition coefficient (Wildman–Crippen LogP) is 2.88. The Labute approximate surface area is 137 Å². The van der Waals surface area contributed by atoms with Crippen LogP contribution in [0.3, 0.4) is 0 Å². The zero-order chi connectivity index (χ0) is 16.5. The van der Waals surface area contributed by atoms with Gasteiger partial charge in [-0.2, -0.15) is 0 Å². The van der Waals surface area contributed by atoms with Crippen molar-refractivity contribution in [3.8, 4) is 0 Å². The van der Waals surface area contributed by atoms with E-state index in [1.807, 2.05) is 12.1 Å². The molecule has 23 heavy (non-hydrogen) atoms. The van der Waals surface area contributed by atoms with Crippen LogP contribution in [0.2, 0.25) is 0 Å². The summed E-state index contributed by atoms with van der Waals surface area (Å²) in [5, 5.41) is 17.2. The summed E-state index contributed by atoms with van der Waals surface area (Å²) in [5.41, 5.74) is 1.29. The minimum atomic E-state index is -0.364. The number of benzene rings is 1. The molecule has 1 aromatic carbocycles. The number of rotatable bonds is 9. The molecule has 6 heteroatoms. The summed E-state index contributed by atoms with van der Waals surface area (Å²) in [7, 11) is 0. The highest BCUT2D eigenvalue weighted by Gasteiger charge is 2.20. The van der Waals surface area contributed by atoms with Crippen LogP contribution in [0.25, 0.3) is 0 Å². The van der Waals surface area contributed by atoms with Crippen molar-refractivity contribution in [1.29, 1.82) is 0 Å². The third-order valence-corrected chi connectivity index (χ3v) is 3.88. The summed E-state index contributed by atoms with van der Waals surface area (Å²) in [6.45, 7) is 4.77. The third-order valence-electron chi connectivity index (χ3n) is 3.88. The first-order valence-corrected chi connectivity index (χ1v) is 8.44. The van der Waals surface area contributed by atoms with E-state index in [0.717, 1.165) is 56.3 Å². The van der Waals surface area contributed by atoms with E-state index in [9.17, 15) is 10.1 Å². The van der Waals surface area contributed by atoms with E-state index in [2.05, 4.69) is 22.5 Å². The average Bonchev–Trinajstić information content (AvgIpc) is 3.37. The first-order valence-electron chi connectivity index (χ1n) is 8.44. The standard InChI is InChI=1S/C17H26N4O2/c1-2-18-17(20-13-15-6-7-15)19-12-4-3-5-14-8-10-16(11-9-14)21(22)23/h8-11,15H,2-7,12-13H2,1H3,(H2,18,19,20). The summed E-state index contributed by atoms with van der Waals surface area (Å²) in [6, 6.07) is 6.82. The van der Waals surface area contributed by atoms with Gasteiger partial charge < -0.3 is 10.6 Å². The first-order chi connectivity index (χ1) is 11.2. The molecule has 2 rings (SSSR count). The fourth-order valence-electron chi connectivity index (χ4n) is 2.31. The van der Waals surface area contributed by atoms with Crippen molar-refractivity contribution in [2.24, 2.45) is 10.9 Å². The smallest absolute Gasteiger partial charge is 0.269 e. The monoisotopic (exact) mass is 318 g/mol. The average molecular weight is 318 g/mol. The number of nitrogens with zero attached hydrogens (tertiary/aromatic N) is 2. The lowest BCUT2D eigenvalue weighted by atomic mass is 10.1. The summed E-state index contributed by atoms with van der Waals surface area (Å²) in [6.07, 6.45) is 5.67. The van der Waals surface area contributed by atoms with Gasteiger partial charge in [0, 0.05) is 31.8 Å². The molecule has 1 aliphatic carbocycles. The molecular weight excluding hydrogens is 292 g/mol. The van der Waals surface area contributed by atoms with E-state index in [0.29, 0.717) is 0 Å². The molecule has 0 aliphatic heterocycles. The second kappa shape index (κ2) is 9.12. The second-order valence-corrected chi connectivity index (χ2v) is 5.97. The maximum Gasteiger partial charge on any atom is 0.269 e. The molecule has 0 atom stereocenters. The van der Waals surface area contributed by atoms with Gasteiger partial charge in [-0.25, -0.2) is 0 Å². The van der Waals surface area contributed by atoms with Crippen LogP contribution in [0.4, 0.5) is 5.69 Å². The quantitative estimate of drug-likeness (QED) is 0.241. The van der Waals surface area contributed by atoms with Crippen LogP contribution < -0.4 is 10.6 Å². The maximum atomic E-state index is 10.6. The molecule has 0 heterocycles. The summed E-state index contributed by atoms with van der Waals surface area (Å²) >= 11 is 0. The fraction of sp³-hybridized carbons (Fsp3) is 0.588. The molecule has 1 aliphatic rings. The van der Waals surface area contributed by atoms with Crippen LogP contribution in [0.1, 0.15) is 38.2 Å². The highest BCUT2D eigenvalue weighted by atomic mass is 16.6. The van der Waals surface area contributed by atoms with E-state index in [1.165, 1.54) is 12.8 Å². The molecule has 126 valence electrons. The first kappa shape index (κ1) is 17.2. The van der Waals surface area contributed by atoms with Gasteiger partial charge >= 0.3 is 0 Å². The van der Waals surface area contributed by atoms with Crippen molar-refractivity contribution in [3.05, 3.63) is 39.9 Å². The SMILES string of the molecule is CCNC(=NCC1CC1)NCCCCc1ccc([N+](=O)[O-])cc1. The van der Waals surface area contributed by atoms with Crippen molar-refractivity contribution in [3.63, 3.8) is 0 Å². The van der Waals surface area contributed by atoms with E-state index >= 15 is 0 Å². The number of guanidine groups is 1. The van der Waals surface area contributed by atoms with Crippen LogP contribution in [-0.4, -0.2) is 30.5 Å². The molecule has 2 N–H and O–H groups in total. The van der Waals surface area contributed by atoms with Crippen molar-refractivity contribution in [1.82, 2.24) is 10.6 Å². The largest absolute Gasteiger partial charge is 0.357 e. The van der Waals surface area contributed by atoms with Gasteiger partial charge in [0.05, 0.1) is 4.92 Å². The number of nitrogens with one attached hydrogen (secondary N) is 2. The van der Waals surface area contributed by atoms with Gasteiger partial charge in [-0.1, -0.05) is 12.1 Å². The van der Waals surface area contributed by atoms with Crippen LogP contribution >= 0.6 is 0 Å². The van der Waals surface area contributed by atoms with Crippen LogP contribution in [0, 0.1) is 16.0 Å². The zero-order valence-corrected chi connectivity index (χ0v) is 13.8. The highest BCUT2D eigenvalue weighted by molar-refractivity contribution is 5.79. The van der Waals surface area contributed by atoms with E-state index < -0.39 is 0 Å². The number of nitro groups is 1. The predicted molar refractivity (Wildman–Crippen MR) is 92.7 cm³/mol. The van der Waals surface area contributed by atoms with Crippen LogP contribution in [0.5, 0.6) is 0 Å². The van der Waals surface area contributed by atoms with E-state index in [4.69, 9.17) is 0 Å². The highest BCUT2D eigenvalue weighted by Crippen LogP contribution is 2.28. The van der Waals surface area contributed by atoms with Gasteiger partial charge in [0.25, 0.3) is 5.69 Å². The molecule has 0 saturated heterocycles. The topological polar surface area (TPSA) is 79.6 Å². The van der Waals surface area contributed by atoms with Gasteiger partial charge in [0.2, 0.25) is 0 Å². The lowest BCUT2D eigenvalue weighted by Crippen LogP contribution is -2.38. The Morgan fingerprint density at radius 1 is 1.26 bits per heavy atom. The normalized spacial score (nSPS) is 14.6. The molecule has 0 unspecified atom stereocenters. The molecule has 0 bridgehead atoms. The number of hydrogen-bond donors (Lipinski definition) is 2. The number of hydrogen-bond acceptors (Lipinski definition) is 3. The van der Waals surface area contributed by atoms with Crippen LogP contribution in [-0.2, 0) is 6.42 Å². The Morgan fingerprint density at radius 2 is 2.00 bits per heavy atom. The number of non-ortho nitro benzene ring substituents is 1. The summed E-state index contributed by atoms with van der Waals surface area (Å²) in [4.78, 5) is 14.8. The Bertz CT molecular complexity index is 524. The lowest BCUT2D eigenvalue weighted by molar-refractivity contribution is -0.384. The molecule has 0 aromatic heterocycles. The van der Waals surface area contributed by atoms with Crippen LogP contribution in [0.15, 0.2) is 29.3 Å². The van der Waals surface area contributed by atoms with Crippen molar-refractivity contribution in [2.45, 2.75) is 39.0 Å². The van der Waals surface area contributed by atoms with Gasteiger partial charge in [-0.05, 0) is 50.5 Å². The molecule has 1 saturated carbocycles. The Kier molecular flexibility index (Phi) is 6.84. The lowest BCUT2D eigenvalue weighted by Gasteiger charge is -2.11. The van der Waals surface area contributed by atoms with Crippen molar-refractivity contribution in [2.75, 3.05) is 19.6 Å². The Balaban J connectivity index is 1.63. The zero-order valence-electron chi connectivity index (χ0n) is 13.8. The number of aliphatic imine (C=N–C) groups is 1. The molecular formula is C17H26N4O2. The molecule has 1 fully saturated rings. The fourth-order valence-corrected chi connectivity index (χ4v) is 2.31. The van der Waals surface area contributed by atoms with Gasteiger partial charge in [0.15, 0.2) is 5.96 Å². The maximum absolute atomic E-state index is 10.6. The minimum absolute atomic E-state index is 0.151. The molecule has 6 nitrogen and oxygen atoms in total. The molecule has 0 spiro atoms. The Morgan fingerprint density at radius 3 is 2.61 bits per heavy atom.